The molecule has 176 valence electrons. The summed E-state index contributed by atoms with van der Waals surface area (Å²) in [6.45, 7) is 4.68. The Kier molecular flexibility index (Phi) is 6.13. The monoisotopic (exact) mass is 461 g/mol. The van der Waals surface area contributed by atoms with Crippen molar-refractivity contribution in [3.8, 4) is 11.5 Å². The van der Waals surface area contributed by atoms with Gasteiger partial charge >= 0.3 is 0 Å². The maximum atomic E-state index is 13.1. The fourth-order valence-corrected chi connectivity index (χ4v) is 4.30. The number of hydrogen-bond donors (Lipinski definition) is 2. The Balaban J connectivity index is 1.33. The molecule has 0 saturated carbocycles. The minimum Gasteiger partial charge on any atom is -0.493 e. The minimum atomic E-state index is -0.298. The average Bonchev–Trinajstić information content (AvgIpc) is 3.32. The SMILES string of the molecule is COc1cc2c(cc1OC)CN(c1nccc(C(=O)Nc3cccnc3N3CCNCC3)n1)C2. The molecule has 0 unspecified atom stereocenters. The van der Waals surface area contributed by atoms with E-state index in [1.54, 1.807) is 32.7 Å². The molecule has 1 saturated heterocycles. The first-order valence-electron chi connectivity index (χ1n) is 11.2. The van der Waals surface area contributed by atoms with E-state index in [0.717, 1.165) is 43.1 Å². The van der Waals surface area contributed by atoms with Crippen molar-refractivity contribution in [3.05, 3.63) is 59.5 Å². The number of nitrogens with one attached hydrogen (secondary N) is 2. The fourth-order valence-electron chi connectivity index (χ4n) is 4.30. The molecule has 0 spiro atoms. The van der Waals surface area contributed by atoms with Crippen LogP contribution in [0.4, 0.5) is 17.5 Å². The first-order valence-corrected chi connectivity index (χ1v) is 11.2. The van der Waals surface area contributed by atoms with E-state index in [0.29, 0.717) is 41.9 Å². The van der Waals surface area contributed by atoms with E-state index >= 15 is 0 Å². The lowest BCUT2D eigenvalue weighted by molar-refractivity contribution is 0.102. The predicted octanol–water partition coefficient (Wildman–Crippen LogP) is 2.07. The number of pyridine rings is 1. The van der Waals surface area contributed by atoms with Crippen molar-refractivity contribution in [2.45, 2.75) is 13.1 Å². The molecule has 1 aromatic carbocycles. The van der Waals surface area contributed by atoms with Crippen LogP contribution < -0.4 is 29.9 Å². The van der Waals surface area contributed by atoms with Crippen molar-refractivity contribution in [2.24, 2.45) is 0 Å². The number of rotatable bonds is 6. The Bertz CT molecular complexity index is 1160. The number of piperazine rings is 1. The molecule has 0 radical (unpaired) electrons. The highest BCUT2D eigenvalue weighted by molar-refractivity contribution is 6.04. The number of carbonyl (C=O) groups is 1. The van der Waals surface area contributed by atoms with Gasteiger partial charge in [-0.2, -0.15) is 0 Å². The van der Waals surface area contributed by atoms with Crippen molar-refractivity contribution in [1.29, 1.82) is 0 Å². The molecule has 2 aliphatic heterocycles. The molecule has 2 aromatic heterocycles. The van der Waals surface area contributed by atoms with E-state index in [2.05, 4.69) is 30.5 Å². The summed E-state index contributed by atoms with van der Waals surface area (Å²) in [4.78, 5) is 30.8. The molecule has 1 amide bonds. The molecule has 0 bridgehead atoms. The van der Waals surface area contributed by atoms with Crippen LogP contribution in [0.25, 0.3) is 0 Å². The first-order chi connectivity index (χ1) is 16.7. The van der Waals surface area contributed by atoms with E-state index in [-0.39, 0.29) is 5.91 Å². The molecule has 10 nitrogen and oxygen atoms in total. The van der Waals surface area contributed by atoms with Gasteiger partial charge in [0.1, 0.15) is 5.69 Å². The summed E-state index contributed by atoms with van der Waals surface area (Å²) in [6, 6.07) is 9.25. The number of hydrogen-bond acceptors (Lipinski definition) is 9. The predicted molar refractivity (Wildman–Crippen MR) is 129 cm³/mol. The van der Waals surface area contributed by atoms with E-state index in [1.807, 2.05) is 29.2 Å². The van der Waals surface area contributed by atoms with Crippen LogP contribution in [-0.2, 0) is 13.1 Å². The molecule has 3 aromatic rings. The third-order valence-corrected chi connectivity index (χ3v) is 6.04. The summed E-state index contributed by atoms with van der Waals surface area (Å²) in [7, 11) is 3.25. The third kappa shape index (κ3) is 4.32. The molecular formula is C24H27N7O3. The third-order valence-electron chi connectivity index (χ3n) is 6.04. The van der Waals surface area contributed by atoms with E-state index in [1.165, 1.54) is 0 Å². The van der Waals surface area contributed by atoms with Crippen LogP contribution in [0.2, 0.25) is 0 Å². The lowest BCUT2D eigenvalue weighted by atomic mass is 10.1. The van der Waals surface area contributed by atoms with Gasteiger partial charge in [-0.05, 0) is 41.5 Å². The molecule has 0 aliphatic carbocycles. The second-order valence-corrected chi connectivity index (χ2v) is 8.14. The van der Waals surface area contributed by atoms with Crippen LogP contribution in [0.5, 0.6) is 11.5 Å². The molecule has 2 aliphatic rings. The van der Waals surface area contributed by atoms with Crippen LogP contribution in [0.3, 0.4) is 0 Å². The van der Waals surface area contributed by atoms with E-state index in [4.69, 9.17) is 9.47 Å². The highest BCUT2D eigenvalue weighted by Crippen LogP contribution is 2.36. The van der Waals surface area contributed by atoms with Gasteiger partial charge in [-0.3, -0.25) is 4.79 Å². The van der Waals surface area contributed by atoms with Crippen LogP contribution in [0.15, 0.2) is 42.7 Å². The van der Waals surface area contributed by atoms with Gasteiger partial charge in [-0.25, -0.2) is 15.0 Å². The highest BCUT2D eigenvalue weighted by atomic mass is 16.5. The molecule has 34 heavy (non-hydrogen) atoms. The van der Waals surface area contributed by atoms with Crippen molar-refractivity contribution >= 4 is 23.4 Å². The average molecular weight is 462 g/mol. The van der Waals surface area contributed by atoms with Crippen LogP contribution >= 0.6 is 0 Å². The summed E-state index contributed by atoms with van der Waals surface area (Å²) in [5, 5.41) is 6.31. The van der Waals surface area contributed by atoms with Gasteiger partial charge in [0, 0.05) is 51.7 Å². The Labute approximate surface area is 197 Å². The van der Waals surface area contributed by atoms with Gasteiger partial charge in [-0.1, -0.05) is 0 Å². The Hall–Kier alpha value is -3.92. The smallest absolute Gasteiger partial charge is 0.274 e. The summed E-state index contributed by atoms with van der Waals surface area (Å²) >= 11 is 0. The molecule has 1 fully saturated rings. The number of nitrogens with zero attached hydrogens (tertiary/aromatic N) is 5. The Morgan fingerprint density at radius 3 is 2.35 bits per heavy atom. The summed E-state index contributed by atoms with van der Waals surface area (Å²) in [5.41, 5.74) is 3.20. The van der Waals surface area contributed by atoms with Crippen molar-refractivity contribution in [1.82, 2.24) is 20.3 Å². The maximum Gasteiger partial charge on any atom is 0.274 e. The molecule has 10 heteroatoms. The maximum absolute atomic E-state index is 13.1. The molecular weight excluding hydrogens is 434 g/mol. The lowest BCUT2D eigenvalue weighted by Gasteiger charge is -2.29. The largest absolute Gasteiger partial charge is 0.493 e. The second-order valence-electron chi connectivity index (χ2n) is 8.14. The topological polar surface area (TPSA) is 105 Å². The number of aromatic nitrogens is 3. The Morgan fingerprint density at radius 1 is 0.971 bits per heavy atom. The van der Waals surface area contributed by atoms with Crippen LogP contribution in [0.1, 0.15) is 21.6 Å². The van der Waals surface area contributed by atoms with E-state index in [9.17, 15) is 4.79 Å². The van der Waals surface area contributed by atoms with Crippen LogP contribution in [-0.4, -0.2) is 61.3 Å². The minimum absolute atomic E-state index is 0.297. The number of benzene rings is 1. The number of fused-ring (bicyclic) bond motifs is 1. The van der Waals surface area contributed by atoms with Gasteiger partial charge < -0.3 is 29.9 Å². The fraction of sp³-hybridized carbons (Fsp3) is 0.333. The quantitative estimate of drug-likeness (QED) is 0.571. The number of carbonyl (C=O) groups excluding carboxylic acids is 1. The van der Waals surface area contributed by atoms with Gasteiger partial charge in [-0.15, -0.1) is 0 Å². The van der Waals surface area contributed by atoms with Gasteiger partial charge in [0.15, 0.2) is 17.3 Å². The summed E-state index contributed by atoms with van der Waals surface area (Å²) in [6.07, 6.45) is 3.35. The summed E-state index contributed by atoms with van der Waals surface area (Å²) in [5.74, 6) is 2.34. The van der Waals surface area contributed by atoms with Crippen molar-refractivity contribution in [2.75, 3.05) is 55.5 Å². The number of amides is 1. The standard InChI is InChI=1S/C24H27N7O3/c1-33-20-12-16-14-31(15-17(16)13-21(20)34-2)24-27-7-5-19(29-24)23(32)28-18-4-3-6-26-22(18)30-10-8-25-9-11-30/h3-7,12-13,25H,8-11,14-15H2,1-2H3,(H,28,32). The number of methoxy groups -OCH3 is 2. The first kappa shape index (κ1) is 21.9. The lowest BCUT2D eigenvalue weighted by Crippen LogP contribution is -2.44. The van der Waals surface area contributed by atoms with E-state index < -0.39 is 0 Å². The number of ether oxygens (including phenoxy) is 2. The number of anilines is 3. The zero-order valence-corrected chi connectivity index (χ0v) is 19.2. The van der Waals surface area contributed by atoms with Gasteiger partial charge in [0.05, 0.1) is 19.9 Å². The Morgan fingerprint density at radius 2 is 1.68 bits per heavy atom. The van der Waals surface area contributed by atoms with Gasteiger partial charge in [0.25, 0.3) is 5.91 Å². The molecule has 4 heterocycles. The zero-order chi connectivity index (χ0) is 23.5. The zero-order valence-electron chi connectivity index (χ0n) is 19.2. The van der Waals surface area contributed by atoms with Crippen molar-refractivity contribution < 1.29 is 14.3 Å². The molecule has 2 N–H and O–H groups in total. The van der Waals surface area contributed by atoms with Gasteiger partial charge in [0.2, 0.25) is 5.95 Å². The highest BCUT2D eigenvalue weighted by Gasteiger charge is 2.25. The normalized spacial score (nSPS) is 15.1. The summed E-state index contributed by atoms with van der Waals surface area (Å²) < 4.78 is 10.8. The van der Waals surface area contributed by atoms with Crippen LogP contribution in [0, 0.1) is 0 Å². The molecule has 0 atom stereocenters. The second kappa shape index (κ2) is 9.52. The van der Waals surface area contributed by atoms with Crippen molar-refractivity contribution in [3.63, 3.8) is 0 Å². The molecule has 5 rings (SSSR count).